The predicted molar refractivity (Wildman–Crippen MR) is 111 cm³/mol. The van der Waals surface area contributed by atoms with E-state index in [1.807, 2.05) is 48.5 Å². The molecule has 2 N–H and O–H groups in total. The highest BCUT2D eigenvalue weighted by atomic mass is 16.2. The fourth-order valence-electron chi connectivity index (χ4n) is 3.99. The minimum absolute atomic E-state index is 0.0308. The highest BCUT2D eigenvalue weighted by Gasteiger charge is 2.29. The summed E-state index contributed by atoms with van der Waals surface area (Å²) in [4.78, 5) is 29.6. The van der Waals surface area contributed by atoms with Crippen LogP contribution in [-0.2, 0) is 6.42 Å². The minimum atomic E-state index is -0.169. The lowest BCUT2D eigenvalue weighted by Gasteiger charge is -2.29. The molecule has 2 aliphatic rings. The first-order valence-electron chi connectivity index (χ1n) is 9.86. The van der Waals surface area contributed by atoms with E-state index in [2.05, 4.69) is 22.6 Å². The lowest BCUT2D eigenvalue weighted by molar-refractivity contribution is 0.0916. The van der Waals surface area contributed by atoms with Gasteiger partial charge in [0.25, 0.3) is 5.91 Å². The lowest BCUT2D eigenvalue weighted by Crippen LogP contribution is -2.43. The fourth-order valence-corrected chi connectivity index (χ4v) is 3.99. The van der Waals surface area contributed by atoms with Crippen molar-refractivity contribution in [3.8, 4) is 0 Å². The molecule has 1 fully saturated rings. The van der Waals surface area contributed by atoms with E-state index in [1.165, 1.54) is 0 Å². The Kier molecular flexibility index (Phi) is 5.30. The largest absolute Gasteiger partial charge is 0.349 e. The van der Waals surface area contributed by atoms with Crippen LogP contribution in [0.4, 0.5) is 16.2 Å². The van der Waals surface area contributed by atoms with Gasteiger partial charge in [-0.3, -0.25) is 9.69 Å². The van der Waals surface area contributed by atoms with Crippen LogP contribution < -0.4 is 15.5 Å². The van der Waals surface area contributed by atoms with Crippen LogP contribution in [0.1, 0.15) is 28.8 Å². The van der Waals surface area contributed by atoms with Crippen molar-refractivity contribution in [1.82, 2.24) is 10.2 Å². The number of piperidine rings is 1. The summed E-state index contributed by atoms with van der Waals surface area (Å²) in [6.07, 6.45) is 2.64. The molecule has 146 valence electrons. The van der Waals surface area contributed by atoms with Crippen LogP contribution in [0.5, 0.6) is 0 Å². The summed E-state index contributed by atoms with van der Waals surface area (Å²) < 4.78 is 0. The van der Waals surface area contributed by atoms with Crippen molar-refractivity contribution < 1.29 is 9.59 Å². The standard InChI is InChI=1S/C22H26N4O2/c1-25-13-10-17(11-14-25)23-21(27)19-8-5-9-20-18(19)12-15-26(20)22(28)24-16-6-3-2-4-7-16/h2-9,17H,10-15H2,1H3,(H,23,27)(H,24,28). The van der Waals surface area contributed by atoms with Crippen molar-refractivity contribution >= 4 is 23.3 Å². The number of amides is 3. The van der Waals surface area contributed by atoms with Gasteiger partial charge in [0.1, 0.15) is 0 Å². The number of fused-ring (bicyclic) bond motifs is 1. The van der Waals surface area contributed by atoms with E-state index in [-0.39, 0.29) is 18.0 Å². The molecule has 6 nitrogen and oxygen atoms in total. The van der Waals surface area contributed by atoms with Crippen LogP contribution in [0.25, 0.3) is 0 Å². The molecule has 3 amide bonds. The van der Waals surface area contributed by atoms with Crippen molar-refractivity contribution in [2.24, 2.45) is 0 Å². The zero-order chi connectivity index (χ0) is 19.5. The van der Waals surface area contributed by atoms with Crippen molar-refractivity contribution in [3.05, 3.63) is 59.7 Å². The number of nitrogens with zero attached hydrogens (tertiary/aromatic N) is 2. The molecule has 6 heteroatoms. The second-order valence-electron chi connectivity index (χ2n) is 7.55. The van der Waals surface area contributed by atoms with Crippen LogP contribution in [0.15, 0.2) is 48.5 Å². The molecular formula is C22H26N4O2. The molecule has 28 heavy (non-hydrogen) atoms. The number of rotatable bonds is 3. The van der Waals surface area contributed by atoms with Crippen molar-refractivity contribution in [2.45, 2.75) is 25.3 Å². The van der Waals surface area contributed by atoms with E-state index < -0.39 is 0 Å². The predicted octanol–water partition coefficient (Wildman–Crippen LogP) is 3.11. The van der Waals surface area contributed by atoms with E-state index in [9.17, 15) is 9.59 Å². The molecule has 4 rings (SSSR count). The summed E-state index contributed by atoms with van der Waals surface area (Å²) in [6, 6.07) is 15.1. The lowest BCUT2D eigenvalue weighted by atomic mass is 10.0. The maximum atomic E-state index is 12.9. The van der Waals surface area contributed by atoms with E-state index in [0.29, 0.717) is 18.5 Å². The Morgan fingerprint density at radius 3 is 2.46 bits per heavy atom. The second-order valence-corrected chi connectivity index (χ2v) is 7.55. The van der Waals surface area contributed by atoms with E-state index in [4.69, 9.17) is 0 Å². The molecule has 2 aromatic rings. The topological polar surface area (TPSA) is 64.7 Å². The van der Waals surface area contributed by atoms with Gasteiger partial charge < -0.3 is 15.5 Å². The number of hydrogen-bond donors (Lipinski definition) is 2. The molecule has 0 atom stereocenters. The summed E-state index contributed by atoms with van der Waals surface area (Å²) in [5.41, 5.74) is 3.23. The quantitative estimate of drug-likeness (QED) is 0.863. The summed E-state index contributed by atoms with van der Waals surface area (Å²) in [5.74, 6) is -0.0308. The summed E-state index contributed by atoms with van der Waals surface area (Å²) >= 11 is 0. The van der Waals surface area contributed by atoms with Crippen molar-refractivity contribution in [1.29, 1.82) is 0 Å². The first-order valence-corrected chi connectivity index (χ1v) is 9.86. The zero-order valence-corrected chi connectivity index (χ0v) is 16.1. The average molecular weight is 378 g/mol. The number of likely N-dealkylation sites (tertiary alicyclic amines) is 1. The van der Waals surface area contributed by atoms with Gasteiger partial charge in [0.05, 0.1) is 0 Å². The third-order valence-electron chi connectivity index (χ3n) is 5.60. The molecule has 2 aromatic carbocycles. The molecule has 0 radical (unpaired) electrons. The van der Waals surface area contributed by atoms with Gasteiger partial charge in [-0.25, -0.2) is 4.79 Å². The van der Waals surface area contributed by atoms with Crippen LogP contribution in [0, 0.1) is 0 Å². The van der Waals surface area contributed by atoms with Crippen molar-refractivity contribution in [2.75, 3.05) is 36.9 Å². The Balaban J connectivity index is 1.47. The summed E-state index contributed by atoms with van der Waals surface area (Å²) in [5, 5.41) is 6.11. The molecule has 0 spiro atoms. The number of urea groups is 1. The third kappa shape index (κ3) is 3.87. The number of benzene rings is 2. The molecule has 0 aliphatic carbocycles. The van der Waals surface area contributed by atoms with E-state index in [0.717, 1.165) is 42.9 Å². The Morgan fingerprint density at radius 1 is 0.964 bits per heavy atom. The molecule has 0 unspecified atom stereocenters. The third-order valence-corrected chi connectivity index (χ3v) is 5.60. The maximum absolute atomic E-state index is 12.9. The van der Waals surface area contributed by atoms with Gasteiger partial charge in [-0.05, 0) is 69.2 Å². The Labute approximate surface area is 165 Å². The van der Waals surface area contributed by atoms with Crippen LogP contribution in [-0.4, -0.2) is 49.6 Å². The van der Waals surface area contributed by atoms with Crippen LogP contribution in [0.2, 0.25) is 0 Å². The molecule has 2 aliphatic heterocycles. The van der Waals surface area contributed by atoms with Crippen molar-refractivity contribution in [3.63, 3.8) is 0 Å². The smallest absolute Gasteiger partial charge is 0.326 e. The highest BCUT2D eigenvalue weighted by Crippen LogP contribution is 2.31. The van der Waals surface area contributed by atoms with Crippen LogP contribution in [0.3, 0.4) is 0 Å². The monoisotopic (exact) mass is 378 g/mol. The van der Waals surface area contributed by atoms with Crippen LogP contribution >= 0.6 is 0 Å². The SMILES string of the molecule is CN1CCC(NC(=O)c2cccc3c2CCN3C(=O)Nc2ccccc2)CC1. The molecule has 1 saturated heterocycles. The molecule has 0 aromatic heterocycles. The zero-order valence-electron chi connectivity index (χ0n) is 16.1. The maximum Gasteiger partial charge on any atom is 0.326 e. The highest BCUT2D eigenvalue weighted by molar-refractivity contribution is 6.05. The molecule has 2 heterocycles. The number of anilines is 2. The van der Waals surface area contributed by atoms with Gasteiger partial charge >= 0.3 is 6.03 Å². The van der Waals surface area contributed by atoms with Gasteiger partial charge in [0.2, 0.25) is 0 Å². The number of nitrogens with one attached hydrogen (secondary N) is 2. The first kappa shape index (κ1) is 18.5. The number of carbonyl (C=O) groups is 2. The number of para-hydroxylation sites is 1. The Morgan fingerprint density at radius 2 is 1.71 bits per heavy atom. The van der Waals surface area contributed by atoms with Gasteiger partial charge in [-0.15, -0.1) is 0 Å². The Hall–Kier alpha value is -2.86. The molecular weight excluding hydrogens is 352 g/mol. The normalized spacial score (nSPS) is 17.2. The number of hydrogen-bond acceptors (Lipinski definition) is 3. The summed E-state index contributed by atoms with van der Waals surface area (Å²) in [6.45, 7) is 2.59. The average Bonchev–Trinajstić information content (AvgIpc) is 3.15. The first-order chi connectivity index (χ1) is 13.6. The van der Waals surface area contributed by atoms with Gasteiger partial charge in [0, 0.05) is 29.5 Å². The minimum Gasteiger partial charge on any atom is -0.349 e. The van der Waals surface area contributed by atoms with Gasteiger partial charge in [-0.2, -0.15) is 0 Å². The van der Waals surface area contributed by atoms with Gasteiger partial charge in [0.15, 0.2) is 0 Å². The number of carbonyl (C=O) groups excluding carboxylic acids is 2. The van der Waals surface area contributed by atoms with E-state index in [1.54, 1.807) is 4.90 Å². The molecule has 0 bridgehead atoms. The van der Waals surface area contributed by atoms with Gasteiger partial charge in [-0.1, -0.05) is 24.3 Å². The Bertz CT molecular complexity index is 860. The fraction of sp³-hybridized carbons (Fsp3) is 0.364. The molecule has 0 saturated carbocycles. The second kappa shape index (κ2) is 8.02. The van der Waals surface area contributed by atoms with E-state index >= 15 is 0 Å². The summed E-state index contributed by atoms with van der Waals surface area (Å²) in [7, 11) is 2.11.